The molecular weight excluding hydrogens is 228 g/mol. The van der Waals surface area contributed by atoms with Crippen LogP contribution in [0.2, 0.25) is 0 Å². The standard InChI is InChI=1S/C15H16O3/c1-10(2)18-13-6-4-5-12(9-13)14(16)15-11(3)7-8-17-15/h4-10H,1-3H3. The van der Waals surface area contributed by atoms with Gasteiger partial charge in [0.2, 0.25) is 5.78 Å². The van der Waals surface area contributed by atoms with Crippen molar-refractivity contribution in [3.63, 3.8) is 0 Å². The van der Waals surface area contributed by atoms with E-state index < -0.39 is 0 Å². The number of hydrogen-bond acceptors (Lipinski definition) is 3. The van der Waals surface area contributed by atoms with Gasteiger partial charge >= 0.3 is 0 Å². The van der Waals surface area contributed by atoms with Gasteiger partial charge in [0.15, 0.2) is 5.76 Å². The largest absolute Gasteiger partial charge is 0.491 e. The average Bonchev–Trinajstić information content (AvgIpc) is 2.74. The first kappa shape index (κ1) is 12.4. The van der Waals surface area contributed by atoms with Crippen molar-refractivity contribution in [3.05, 3.63) is 53.5 Å². The van der Waals surface area contributed by atoms with Gasteiger partial charge in [0.25, 0.3) is 0 Å². The first-order valence-electron chi connectivity index (χ1n) is 5.93. The molecule has 1 heterocycles. The van der Waals surface area contributed by atoms with Crippen LogP contribution in [-0.2, 0) is 0 Å². The third kappa shape index (κ3) is 2.62. The summed E-state index contributed by atoms with van der Waals surface area (Å²) >= 11 is 0. The number of hydrogen-bond donors (Lipinski definition) is 0. The first-order valence-corrected chi connectivity index (χ1v) is 5.93. The van der Waals surface area contributed by atoms with Gasteiger partial charge in [0.1, 0.15) is 5.75 Å². The highest BCUT2D eigenvalue weighted by molar-refractivity contribution is 6.08. The topological polar surface area (TPSA) is 39.4 Å². The summed E-state index contributed by atoms with van der Waals surface area (Å²) in [7, 11) is 0. The molecule has 3 nitrogen and oxygen atoms in total. The Labute approximate surface area is 106 Å². The SMILES string of the molecule is Cc1ccoc1C(=O)c1cccc(OC(C)C)c1. The molecule has 0 N–H and O–H groups in total. The van der Waals surface area contributed by atoms with E-state index >= 15 is 0 Å². The van der Waals surface area contributed by atoms with E-state index in [9.17, 15) is 4.79 Å². The van der Waals surface area contributed by atoms with Crippen LogP contribution in [0.25, 0.3) is 0 Å². The van der Waals surface area contributed by atoms with Crippen LogP contribution in [0.5, 0.6) is 5.75 Å². The highest BCUT2D eigenvalue weighted by atomic mass is 16.5. The van der Waals surface area contributed by atoms with Crippen molar-refractivity contribution in [2.75, 3.05) is 0 Å². The normalized spacial score (nSPS) is 10.7. The Morgan fingerprint density at radius 2 is 2.06 bits per heavy atom. The van der Waals surface area contributed by atoms with Gasteiger partial charge in [-0.3, -0.25) is 4.79 Å². The van der Waals surface area contributed by atoms with Gasteiger partial charge in [-0.25, -0.2) is 0 Å². The molecule has 94 valence electrons. The second-order valence-corrected chi connectivity index (χ2v) is 4.46. The highest BCUT2D eigenvalue weighted by Gasteiger charge is 2.15. The third-order valence-electron chi connectivity index (χ3n) is 2.54. The molecule has 0 saturated carbocycles. The minimum absolute atomic E-state index is 0.0840. The average molecular weight is 244 g/mol. The van der Waals surface area contributed by atoms with Crippen LogP contribution >= 0.6 is 0 Å². The van der Waals surface area contributed by atoms with E-state index in [0.29, 0.717) is 17.1 Å². The molecule has 1 aromatic carbocycles. The molecular formula is C15H16O3. The number of furan rings is 1. The quantitative estimate of drug-likeness (QED) is 0.771. The smallest absolute Gasteiger partial charge is 0.228 e. The Bertz CT molecular complexity index is 552. The van der Waals surface area contributed by atoms with Crippen LogP contribution in [0.4, 0.5) is 0 Å². The predicted molar refractivity (Wildman–Crippen MR) is 69.1 cm³/mol. The van der Waals surface area contributed by atoms with Crippen LogP contribution in [-0.4, -0.2) is 11.9 Å². The van der Waals surface area contributed by atoms with E-state index in [1.165, 1.54) is 6.26 Å². The highest BCUT2D eigenvalue weighted by Crippen LogP contribution is 2.19. The molecule has 0 atom stereocenters. The fourth-order valence-electron chi connectivity index (χ4n) is 1.72. The molecule has 0 saturated heterocycles. The molecule has 3 heteroatoms. The third-order valence-corrected chi connectivity index (χ3v) is 2.54. The molecule has 2 aromatic rings. The summed E-state index contributed by atoms with van der Waals surface area (Å²) in [5.74, 6) is 0.962. The zero-order valence-corrected chi connectivity index (χ0v) is 10.8. The number of aryl methyl sites for hydroxylation is 1. The van der Waals surface area contributed by atoms with Crippen LogP contribution < -0.4 is 4.74 Å². The summed E-state index contributed by atoms with van der Waals surface area (Å²) in [6.07, 6.45) is 1.61. The van der Waals surface area contributed by atoms with Crippen LogP contribution in [0.1, 0.15) is 35.5 Å². The maximum absolute atomic E-state index is 12.2. The Balaban J connectivity index is 2.29. The van der Waals surface area contributed by atoms with Gasteiger partial charge in [0.05, 0.1) is 12.4 Å². The molecule has 0 fully saturated rings. The van der Waals surface area contributed by atoms with Gasteiger partial charge in [-0.2, -0.15) is 0 Å². The van der Waals surface area contributed by atoms with Crippen LogP contribution in [0.3, 0.4) is 0 Å². The number of ether oxygens (including phenoxy) is 1. The maximum Gasteiger partial charge on any atom is 0.228 e. The summed E-state index contributed by atoms with van der Waals surface area (Å²) < 4.78 is 10.8. The fraction of sp³-hybridized carbons (Fsp3) is 0.267. The Morgan fingerprint density at radius 1 is 1.28 bits per heavy atom. The van der Waals surface area contributed by atoms with Crippen LogP contribution in [0, 0.1) is 6.92 Å². The van der Waals surface area contributed by atoms with E-state index in [2.05, 4.69) is 0 Å². The van der Waals surface area contributed by atoms with Crippen molar-refractivity contribution in [2.24, 2.45) is 0 Å². The lowest BCUT2D eigenvalue weighted by molar-refractivity contribution is 0.101. The predicted octanol–water partition coefficient (Wildman–Crippen LogP) is 3.61. The van der Waals surface area contributed by atoms with Gasteiger partial charge < -0.3 is 9.15 Å². The first-order chi connectivity index (χ1) is 8.58. The van der Waals surface area contributed by atoms with Crippen molar-refractivity contribution in [2.45, 2.75) is 26.9 Å². The second kappa shape index (κ2) is 5.08. The van der Waals surface area contributed by atoms with Crippen molar-refractivity contribution >= 4 is 5.78 Å². The van der Waals surface area contributed by atoms with Crippen molar-refractivity contribution < 1.29 is 13.9 Å². The molecule has 0 bridgehead atoms. The Morgan fingerprint density at radius 3 is 2.67 bits per heavy atom. The molecule has 0 aliphatic rings. The fourth-order valence-corrected chi connectivity index (χ4v) is 1.72. The number of carbonyl (C=O) groups excluding carboxylic acids is 1. The molecule has 0 amide bonds. The molecule has 18 heavy (non-hydrogen) atoms. The van der Waals surface area contributed by atoms with Gasteiger partial charge in [0, 0.05) is 5.56 Å². The van der Waals surface area contributed by atoms with E-state index in [1.54, 1.807) is 18.2 Å². The maximum atomic E-state index is 12.2. The van der Waals surface area contributed by atoms with Crippen molar-refractivity contribution in [3.8, 4) is 5.75 Å². The number of carbonyl (C=O) groups is 1. The van der Waals surface area contributed by atoms with E-state index in [0.717, 1.165) is 5.56 Å². The number of benzene rings is 1. The second-order valence-electron chi connectivity index (χ2n) is 4.46. The summed E-state index contributed by atoms with van der Waals surface area (Å²) in [6.45, 7) is 5.75. The molecule has 2 rings (SSSR count). The van der Waals surface area contributed by atoms with Crippen molar-refractivity contribution in [1.82, 2.24) is 0 Å². The number of rotatable bonds is 4. The van der Waals surface area contributed by atoms with Gasteiger partial charge in [-0.1, -0.05) is 12.1 Å². The lowest BCUT2D eigenvalue weighted by Crippen LogP contribution is -2.07. The van der Waals surface area contributed by atoms with E-state index in [1.807, 2.05) is 32.9 Å². The molecule has 0 aliphatic carbocycles. The molecule has 0 radical (unpaired) electrons. The van der Waals surface area contributed by atoms with E-state index in [-0.39, 0.29) is 11.9 Å². The summed E-state index contributed by atoms with van der Waals surface area (Å²) in [5.41, 5.74) is 1.42. The molecule has 0 aliphatic heterocycles. The zero-order chi connectivity index (χ0) is 13.1. The molecule has 0 spiro atoms. The summed E-state index contributed by atoms with van der Waals surface area (Å²) in [4.78, 5) is 12.2. The lowest BCUT2D eigenvalue weighted by atomic mass is 10.1. The van der Waals surface area contributed by atoms with Gasteiger partial charge in [-0.05, 0) is 44.5 Å². The molecule has 1 aromatic heterocycles. The molecule has 0 unspecified atom stereocenters. The van der Waals surface area contributed by atoms with E-state index in [4.69, 9.17) is 9.15 Å². The summed E-state index contributed by atoms with van der Waals surface area (Å²) in [5, 5.41) is 0. The van der Waals surface area contributed by atoms with Gasteiger partial charge in [-0.15, -0.1) is 0 Å². The lowest BCUT2D eigenvalue weighted by Gasteiger charge is -2.10. The minimum atomic E-state index is -0.119. The van der Waals surface area contributed by atoms with Crippen LogP contribution in [0.15, 0.2) is 41.0 Å². The van der Waals surface area contributed by atoms with Crippen molar-refractivity contribution in [1.29, 1.82) is 0 Å². The Kier molecular flexibility index (Phi) is 3.51. The minimum Gasteiger partial charge on any atom is -0.491 e. The number of ketones is 1. The summed E-state index contributed by atoms with van der Waals surface area (Å²) in [6, 6.07) is 8.93. The monoisotopic (exact) mass is 244 g/mol. The zero-order valence-electron chi connectivity index (χ0n) is 10.8. The Hall–Kier alpha value is -2.03.